The van der Waals surface area contributed by atoms with Gasteiger partial charge in [-0.15, -0.1) is 0 Å². The van der Waals surface area contributed by atoms with E-state index in [9.17, 15) is 9.59 Å². The summed E-state index contributed by atoms with van der Waals surface area (Å²) in [5.41, 5.74) is 5.18. The van der Waals surface area contributed by atoms with Gasteiger partial charge >= 0.3 is 0 Å². The molecule has 2 N–H and O–H groups in total. The number of amides is 2. The molecule has 1 rings (SSSR count). The van der Waals surface area contributed by atoms with E-state index in [0.717, 1.165) is 6.42 Å². The van der Waals surface area contributed by atoms with E-state index in [0.29, 0.717) is 13.1 Å². The maximum atomic E-state index is 11.6. The van der Waals surface area contributed by atoms with Gasteiger partial charge in [0.1, 0.15) is 6.04 Å². The van der Waals surface area contributed by atoms with Crippen molar-refractivity contribution in [3.8, 4) is 0 Å². The predicted molar refractivity (Wildman–Crippen MR) is 52.2 cm³/mol. The van der Waals surface area contributed by atoms with Crippen LogP contribution in [0.25, 0.3) is 0 Å². The Balaban J connectivity index is 2.58. The topological polar surface area (TPSA) is 66.6 Å². The number of hydrogen-bond donors (Lipinski definition) is 1. The second-order valence-electron chi connectivity index (χ2n) is 3.70. The molecule has 1 radical (unpaired) electrons. The molecule has 0 aliphatic carbocycles. The molecule has 79 valence electrons. The van der Waals surface area contributed by atoms with Gasteiger partial charge in [-0.05, 0) is 26.9 Å². The highest BCUT2D eigenvalue weighted by Gasteiger charge is 2.32. The van der Waals surface area contributed by atoms with Gasteiger partial charge in [0, 0.05) is 6.54 Å². The summed E-state index contributed by atoms with van der Waals surface area (Å²) in [5, 5.41) is 0. The minimum absolute atomic E-state index is 0.0486. The molecule has 1 aliphatic heterocycles. The van der Waals surface area contributed by atoms with Crippen molar-refractivity contribution in [2.45, 2.75) is 12.5 Å². The molecule has 2 amide bonds. The van der Waals surface area contributed by atoms with E-state index in [4.69, 9.17) is 5.73 Å². The lowest BCUT2D eigenvalue weighted by molar-refractivity contribution is -0.137. The molecule has 1 aliphatic rings. The minimum atomic E-state index is -0.512. The monoisotopic (exact) mass is 198 g/mol. The van der Waals surface area contributed by atoms with Gasteiger partial charge < -0.3 is 15.5 Å². The van der Waals surface area contributed by atoms with Gasteiger partial charge in [-0.1, -0.05) is 0 Å². The maximum absolute atomic E-state index is 11.6. The summed E-state index contributed by atoms with van der Waals surface area (Å²) < 4.78 is 0. The number of rotatable bonds is 3. The number of likely N-dealkylation sites (N-methyl/N-ethyl adjacent to an activating group) is 1. The minimum Gasteiger partial charge on any atom is -0.368 e. The fourth-order valence-electron chi connectivity index (χ4n) is 1.55. The molecule has 5 heteroatoms. The van der Waals surface area contributed by atoms with Crippen LogP contribution >= 0.6 is 0 Å². The van der Waals surface area contributed by atoms with Gasteiger partial charge in [-0.2, -0.15) is 0 Å². The zero-order valence-corrected chi connectivity index (χ0v) is 8.56. The van der Waals surface area contributed by atoms with E-state index < -0.39 is 11.9 Å². The summed E-state index contributed by atoms with van der Waals surface area (Å²) in [4.78, 5) is 25.9. The van der Waals surface area contributed by atoms with Crippen LogP contribution in [0.3, 0.4) is 0 Å². The smallest absolute Gasteiger partial charge is 0.240 e. The van der Waals surface area contributed by atoms with Gasteiger partial charge in [0.15, 0.2) is 0 Å². The molecule has 0 aromatic carbocycles. The lowest BCUT2D eigenvalue weighted by atomic mass is 10.2. The van der Waals surface area contributed by atoms with Crippen molar-refractivity contribution in [1.29, 1.82) is 0 Å². The van der Waals surface area contributed by atoms with Crippen LogP contribution in [0.5, 0.6) is 0 Å². The van der Waals surface area contributed by atoms with Crippen molar-refractivity contribution >= 4 is 11.8 Å². The molecule has 1 atom stereocenters. The lowest BCUT2D eigenvalue weighted by Gasteiger charge is -2.23. The Morgan fingerprint density at radius 1 is 1.57 bits per heavy atom. The van der Waals surface area contributed by atoms with Crippen LogP contribution in [0.15, 0.2) is 0 Å². The first-order valence-electron chi connectivity index (χ1n) is 4.59. The highest BCUT2D eigenvalue weighted by Crippen LogP contribution is 2.15. The molecular weight excluding hydrogens is 182 g/mol. The first-order valence-corrected chi connectivity index (χ1v) is 4.59. The van der Waals surface area contributed by atoms with Crippen LogP contribution < -0.4 is 5.73 Å². The van der Waals surface area contributed by atoms with Crippen molar-refractivity contribution in [3.05, 3.63) is 6.42 Å². The van der Waals surface area contributed by atoms with E-state index in [2.05, 4.69) is 0 Å². The van der Waals surface area contributed by atoms with Gasteiger partial charge in [0.05, 0.1) is 6.54 Å². The zero-order valence-electron chi connectivity index (χ0n) is 8.56. The van der Waals surface area contributed by atoms with Crippen LogP contribution in [0.2, 0.25) is 0 Å². The second kappa shape index (κ2) is 4.41. The molecule has 0 aromatic rings. The molecule has 0 bridgehead atoms. The summed E-state index contributed by atoms with van der Waals surface area (Å²) in [6.45, 7) is 0.915. The summed E-state index contributed by atoms with van der Waals surface area (Å²) in [6.07, 6.45) is 2.53. The number of nitrogens with two attached hydrogens (primary N) is 1. The second-order valence-corrected chi connectivity index (χ2v) is 3.70. The number of carbonyl (C=O) groups excluding carboxylic acids is 2. The largest absolute Gasteiger partial charge is 0.368 e. The average Bonchev–Trinajstić information content (AvgIpc) is 2.49. The summed E-state index contributed by atoms with van der Waals surface area (Å²) in [6, 6.07) is -0.512. The predicted octanol–water partition coefficient (Wildman–Crippen LogP) is -1.16. The average molecular weight is 198 g/mol. The van der Waals surface area contributed by atoms with Crippen LogP contribution in [-0.4, -0.2) is 54.8 Å². The molecule has 5 nitrogen and oxygen atoms in total. The molecule has 0 saturated carbocycles. The van der Waals surface area contributed by atoms with Crippen LogP contribution in [0.4, 0.5) is 0 Å². The standard InChI is InChI=1S/C9H16N3O2/c1-11(2)6-8(13)12-5-3-4-7(12)9(10)14/h4,7H,3,5-6H2,1-2H3,(H2,10,14)/t7-/m1/s1. The zero-order chi connectivity index (χ0) is 10.7. The molecular formula is C9H16N3O2. The van der Waals surface area contributed by atoms with E-state index in [-0.39, 0.29) is 5.91 Å². The first-order chi connectivity index (χ1) is 6.52. The Morgan fingerprint density at radius 2 is 2.21 bits per heavy atom. The molecule has 0 spiro atoms. The third-order valence-electron chi connectivity index (χ3n) is 2.16. The van der Waals surface area contributed by atoms with Gasteiger partial charge in [-0.3, -0.25) is 9.59 Å². The fourth-order valence-corrected chi connectivity index (χ4v) is 1.55. The third-order valence-corrected chi connectivity index (χ3v) is 2.16. The molecule has 1 heterocycles. The number of primary amides is 1. The molecule has 1 fully saturated rings. The molecule has 1 saturated heterocycles. The van der Waals surface area contributed by atoms with Crippen LogP contribution in [0, 0.1) is 6.42 Å². The molecule has 0 unspecified atom stereocenters. The Bertz CT molecular complexity index is 240. The third kappa shape index (κ3) is 2.45. The lowest BCUT2D eigenvalue weighted by Crippen LogP contribution is -2.46. The van der Waals surface area contributed by atoms with Crippen molar-refractivity contribution in [1.82, 2.24) is 9.80 Å². The maximum Gasteiger partial charge on any atom is 0.240 e. The van der Waals surface area contributed by atoms with E-state index in [1.54, 1.807) is 11.3 Å². The van der Waals surface area contributed by atoms with Gasteiger partial charge in [-0.25, -0.2) is 0 Å². The number of hydrogen-bond acceptors (Lipinski definition) is 3. The number of likely N-dealkylation sites (tertiary alicyclic amines) is 1. The Kier molecular flexibility index (Phi) is 3.46. The van der Waals surface area contributed by atoms with Crippen LogP contribution in [0.1, 0.15) is 6.42 Å². The Labute approximate surface area is 83.8 Å². The van der Waals surface area contributed by atoms with E-state index in [1.807, 2.05) is 14.1 Å². The fraction of sp³-hybridized carbons (Fsp3) is 0.667. The molecule has 0 aromatic heterocycles. The summed E-state index contributed by atoms with van der Waals surface area (Å²) >= 11 is 0. The quantitative estimate of drug-likeness (QED) is 0.622. The SMILES string of the molecule is CN(C)CC(=O)N1CC[CH][C@@H]1C(N)=O. The van der Waals surface area contributed by atoms with Gasteiger partial charge in [0.2, 0.25) is 11.8 Å². The van der Waals surface area contributed by atoms with Gasteiger partial charge in [0.25, 0.3) is 0 Å². The molecule has 14 heavy (non-hydrogen) atoms. The Hall–Kier alpha value is -1.10. The summed E-state index contributed by atoms with van der Waals surface area (Å²) in [7, 11) is 3.63. The Morgan fingerprint density at radius 3 is 2.71 bits per heavy atom. The normalized spacial score (nSPS) is 21.6. The van der Waals surface area contributed by atoms with Crippen LogP contribution in [-0.2, 0) is 9.59 Å². The van der Waals surface area contributed by atoms with E-state index in [1.165, 1.54) is 4.90 Å². The number of nitrogens with zero attached hydrogens (tertiary/aromatic N) is 2. The number of carbonyl (C=O) groups is 2. The van der Waals surface area contributed by atoms with Crippen molar-refractivity contribution < 1.29 is 9.59 Å². The van der Waals surface area contributed by atoms with Crippen molar-refractivity contribution in [2.75, 3.05) is 27.2 Å². The first kappa shape index (κ1) is 11.0. The highest BCUT2D eigenvalue weighted by atomic mass is 16.2. The van der Waals surface area contributed by atoms with Crippen molar-refractivity contribution in [3.63, 3.8) is 0 Å². The van der Waals surface area contributed by atoms with Crippen molar-refractivity contribution in [2.24, 2.45) is 5.73 Å². The highest BCUT2D eigenvalue weighted by molar-refractivity contribution is 5.89. The van der Waals surface area contributed by atoms with E-state index >= 15 is 0 Å². The summed E-state index contributed by atoms with van der Waals surface area (Å²) in [5.74, 6) is -0.498.